The second kappa shape index (κ2) is 12.4. The number of piperidine rings is 1. The summed E-state index contributed by atoms with van der Waals surface area (Å²) in [6.45, 7) is 1.17. The van der Waals surface area contributed by atoms with Gasteiger partial charge >= 0.3 is 6.09 Å². The molecule has 1 aliphatic heterocycles. The minimum Gasteiger partial charge on any atom is -0.448 e. The van der Waals surface area contributed by atoms with Crippen molar-refractivity contribution >= 4 is 27.7 Å². The van der Waals surface area contributed by atoms with Gasteiger partial charge in [-0.05, 0) is 55.5 Å². The summed E-state index contributed by atoms with van der Waals surface area (Å²) in [4.78, 5) is 16.5. The molecule has 2 aromatic carbocycles. The zero-order valence-corrected chi connectivity index (χ0v) is 21.6. The summed E-state index contributed by atoms with van der Waals surface area (Å²) < 4.78 is 36.6. The Bertz CT molecular complexity index is 1200. The molecule has 1 saturated heterocycles. The lowest BCUT2D eigenvalue weighted by molar-refractivity contribution is 0.0853. The maximum atomic E-state index is 13.8. The highest BCUT2D eigenvalue weighted by Gasteiger charge is 2.40. The Morgan fingerprint density at radius 2 is 1.83 bits per heavy atom. The predicted molar refractivity (Wildman–Crippen MR) is 138 cm³/mol. The summed E-state index contributed by atoms with van der Waals surface area (Å²) in [5.74, 6) is 0. The molecule has 2 atom stereocenters. The molecular weight excluding hydrogens is 500 g/mol. The van der Waals surface area contributed by atoms with Gasteiger partial charge in [0.1, 0.15) is 6.61 Å². The third kappa shape index (κ3) is 6.87. The Balaban J connectivity index is 1.44. The number of rotatable bonds is 10. The van der Waals surface area contributed by atoms with Crippen molar-refractivity contribution in [3.05, 3.63) is 83.9 Å². The highest BCUT2D eigenvalue weighted by Crippen LogP contribution is 2.32. The van der Waals surface area contributed by atoms with Crippen molar-refractivity contribution in [1.82, 2.24) is 19.2 Å². The number of alkyl carbamates (subject to hydrolysis) is 1. The van der Waals surface area contributed by atoms with E-state index in [4.69, 9.17) is 16.3 Å². The van der Waals surface area contributed by atoms with Gasteiger partial charge in [0.25, 0.3) is 0 Å². The van der Waals surface area contributed by atoms with Crippen molar-refractivity contribution in [2.75, 3.05) is 13.2 Å². The van der Waals surface area contributed by atoms with Crippen LogP contribution in [0.4, 0.5) is 4.79 Å². The zero-order valence-electron chi connectivity index (χ0n) is 20.0. The number of aromatic nitrogens is 2. The first-order valence-corrected chi connectivity index (χ1v) is 13.9. The van der Waals surface area contributed by atoms with E-state index in [2.05, 4.69) is 10.3 Å². The lowest BCUT2D eigenvalue weighted by Gasteiger charge is -2.40. The number of amides is 1. The van der Waals surface area contributed by atoms with Crippen molar-refractivity contribution in [3.63, 3.8) is 0 Å². The molecule has 1 amide bonds. The molecule has 192 valence electrons. The molecule has 1 N–H and O–H groups in total. The number of ether oxygens (including phenoxy) is 1. The molecular formula is C26H31ClN4O4S. The van der Waals surface area contributed by atoms with Crippen LogP contribution in [0, 0.1) is 0 Å². The van der Waals surface area contributed by atoms with E-state index in [0.29, 0.717) is 24.4 Å². The van der Waals surface area contributed by atoms with E-state index in [1.54, 1.807) is 29.0 Å². The molecule has 2 heterocycles. The fourth-order valence-electron chi connectivity index (χ4n) is 4.59. The number of carbonyl (C=O) groups is 1. The first kappa shape index (κ1) is 26.2. The number of hydrogen-bond donors (Lipinski definition) is 1. The van der Waals surface area contributed by atoms with Gasteiger partial charge in [-0.2, -0.15) is 4.31 Å². The van der Waals surface area contributed by atoms with E-state index < -0.39 is 22.2 Å². The maximum absolute atomic E-state index is 13.8. The highest BCUT2D eigenvalue weighted by molar-refractivity contribution is 7.89. The number of imidazole rings is 1. The van der Waals surface area contributed by atoms with Gasteiger partial charge in [-0.3, -0.25) is 0 Å². The summed E-state index contributed by atoms with van der Waals surface area (Å²) in [6.07, 6.45) is 8.27. The third-order valence-corrected chi connectivity index (χ3v) is 8.60. The van der Waals surface area contributed by atoms with Crippen LogP contribution in [0.25, 0.3) is 0 Å². The molecule has 1 aliphatic rings. The molecule has 0 spiro atoms. The van der Waals surface area contributed by atoms with Gasteiger partial charge in [0.15, 0.2) is 0 Å². The molecule has 0 radical (unpaired) electrons. The number of nitrogens with zero attached hydrogens (tertiary/aromatic N) is 3. The number of hydrogen-bond acceptors (Lipinski definition) is 5. The topological polar surface area (TPSA) is 93.5 Å². The van der Waals surface area contributed by atoms with Crippen LogP contribution >= 0.6 is 11.6 Å². The Labute approximate surface area is 217 Å². The van der Waals surface area contributed by atoms with Gasteiger partial charge in [0.05, 0.1) is 17.3 Å². The first-order valence-electron chi connectivity index (χ1n) is 12.1. The van der Waals surface area contributed by atoms with Crippen LogP contribution in [-0.4, -0.2) is 53.6 Å². The van der Waals surface area contributed by atoms with E-state index in [-0.39, 0.29) is 17.5 Å². The number of sulfonamides is 1. The molecule has 0 bridgehead atoms. The van der Waals surface area contributed by atoms with Crippen molar-refractivity contribution in [1.29, 1.82) is 0 Å². The average molecular weight is 531 g/mol. The fraction of sp³-hybridized carbons (Fsp3) is 0.385. The van der Waals surface area contributed by atoms with Gasteiger partial charge in [0.2, 0.25) is 10.0 Å². The van der Waals surface area contributed by atoms with Crippen molar-refractivity contribution in [2.45, 2.75) is 55.6 Å². The Hall–Kier alpha value is -2.88. The van der Waals surface area contributed by atoms with E-state index in [0.717, 1.165) is 31.4 Å². The minimum absolute atomic E-state index is 0.00847. The first-order chi connectivity index (χ1) is 17.4. The van der Waals surface area contributed by atoms with Crippen molar-refractivity contribution in [3.8, 4) is 0 Å². The molecule has 8 nitrogen and oxygen atoms in total. The van der Waals surface area contributed by atoms with Crippen LogP contribution < -0.4 is 5.32 Å². The molecule has 0 aliphatic carbocycles. The molecule has 0 unspecified atom stereocenters. The van der Waals surface area contributed by atoms with E-state index in [1.807, 2.05) is 41.1 Å². The van der Waals surface area contributed by atoms with Crippen LogP contribution in [-0.2, 0) is 27.7 Å². The molecule has 3 aromatic rings. The Morgan fingerprint density at radius 1 is 1.08 bits per heavy atom. The second-order valence-corrected chi connectivity index (χ2v) is 11.2. The lowest BCUT2D eigenvalue weighted by Crippen LogP contribution is -2.53. The summed E-state index contributed by atoms with van der Waals surface area (Å²) in [6, 6.07) is 15.4. The van der Waals surface area contributed by atoms with Crippen LogP contribution in [0.3, 0.4) is 0 Å². The summed E-state index contributed by atoms with van der Waals surface area (Å²) >= 11 is 6.00. The number of nitrogens with one attached hydrogen (secondary N) is 1. The number of aryl methyl sites for hydroxylation is 1. The minimum atomic E-state index is -3.84. The van der Waals surface area contributed by atoms with Gasteiger partial charge in [-0.25, -0.2) is 18.2 Å². The lowest BCUT2D eigenvalue weighted by atomic mass is 9.94. The van der Waals surface area contributed by atoms with Gasteiger partial charge in [-0.1, -0.05) is 48.4 Å². The molecule has 0 saturated carbocycles. The molecule has 4 rings (SSSR count). The fourth-order valence-corrected chi connectivity index (χ4v) is 6.57. The van der Waals surface area contributed by atoms with Crippen molar-refractivity contribution in [2.24, 2.45) is 0 Å². The van der Waals surface area contributed by atoms with Crippen LogP contribution in [0.5, 0.6) is 0 Å². The highest BCUT2D eigenvalue weighted by atomic mass is 35.5. The smallest absolute Gasteiger partial charge is 0.407 e. The summed E-state index contributed by atoms with van der Waals surface area (Å²) in [5.41, 5.74) is 1.07. The SMILES string of the molecule is O=C(NCCCn1ccnc1)OC[C@H]1CCC[C@@H](Cc2ccccc2)N1S(=O)(=O)c1ccc(Cl)cc1. The molecule has 1 aromatic heterocycles. The molecule has 10 heteroatoms. The van der Waals surface area contributed by atoms with Gasteiger partial charge < -0.3 is 14.6 Å². The van der Waals surface area contributed by atoms with Crippen LogP contribution in [0.2, 0.25) is 5.02 Å². The Morgan fingerprint density at radius 3 is 2.56 bits per heavy atom. The zero-order chi connectivity index (χ0) is 25.4. The largest absolute Gasteiger partial charge is 0.448 e. The number of benzene rings is 2. The average Bonchev–Trinajstić information content (AvgIpc) is 3.40. The molecule has 1 fully saturated rings. The van der Waals surface area contributed by atoms with Crippen molar-refractivity contribution < 1.29 is 17.9 Å². The number of carbonyl (C=O) groups excluding carboxylic acids is 1. The second-order valence-electron chi connectivity index (χ2n) is 8.90. The summed E-state index contributed by atoms with van der Waals surface area (Å²) in [7, 11) is -3.84. The van der Waals surface area contributed by atoms with Crippen LogP contribution in [0.1, 0.15) is 31.2 Å². The van der Waals surface area contributed by atoms with Crippen LogP contribution in [0.15, 0.2) is 78.2 Å². The van der Waals surface area contributed by atoms with Gasteiger partial charge in [0, 0.05) is 36.5 Å². The van der Waals surface area contributed by atoms with E-state index >= 15 is 0 Å². The quantitative estimate of drug-likeness (QED) is 0.389. The standard InChI is InChI=1S/C26H31ClN4O4S/c27-22-10-12-25(13-11-22)36(33,34)31-23(18-21-6-2-1-3-7-21)8-4-9-24(31)19-35-26(32)29-14-5-16-30-17-15-28-20-30/h1-3,6-7,10-13,15,17,20,23-24H,4-5,8-9,14,16,18-19H2,(H,29,32)/t23-,24+/m0/s1. The van der Waals surface area contributed by atoms with E-state index in [9.17, 15) is 13.2 Å². The van der Waals surface area contributed by atoms with Gasteiger partial charge in [-0.15, -0.1) is 0 Å². The third-order valence-electron chi connectivity index (χ3n) is 6.33. The number of halogens is 1. The normalized spacial score (nSPS) is 18.6. The maximum Gasteiger partial charge on any atom is 0.407 e. The molecule has 36 heavy (non-hydrogen) atoms. The predicted octanol–water partition coefficient (Wildman–Crippen LogP) is 4.51. The Kier molecular flexibility index (Phi) is 9.01. The summed E-state index contributed by atoms with van der Waals surface area (Å²) in [5, 5.41) is 3.22. The van der Waals surface area contributed by atoms with E-state index in [1.165, 1.54) is 12.1 Å². The monoisotopic (exact) mass is 530 g/mol.